The summed E-state index contributed by atoms with van der Waals surface area (Å²) in [6, 6.07) is 0.601. The third-order valence-electron chi connectivity index (χ3n) is 2.65. The van der Waals surface area contributed by atoms with Gasteiger partial charge in [-0.3, -0.25) is 4.79 Å². The molecular formula is C11H21N2O. The Balaban J connectivity index is 2.05. The highest BCUT2D eigenvalue weighted by atomic mass is 16.1. The van der Waals surface area contributed by atoms with E-state index in [1.807, 2.05) is 6.92 Å². The zero-order valence-corrected chi connectivity index (χ0v) is 9.01. The third kappa shape index (κ3) is 4.09. The predicted octanol–water partition coefficient (Wildman–Crippen LogP) is 1.10. The Morgan fingerprint density at radius 2 is 2.43 bits per heavy atom. The quantitative estimate of drug-likeness (QED) is 0.708. The highest BCUT2D eigenvalue weighted by Crippen LogP contribution is 2.09. The second-order valence-electron chi connectivity index (χ2n) is 4.13. The average molecular weight is 197 g/mol. The molecule has 3 nitrogen and oxygen atoms in total. The lowest BCUT2D eigenvalue weighted by molar-refractivity contribution is -0.123. The van der Waals surface area contributed by atoms with Gasteiger partial charge in [-0.2, -0.15) is 0 Å². The van der Waals surface area contributed by atoms with Gasteiger partial charge >= 0.3 is 0 Å². The topological polar surface area (TPSA) is 41.1 Å². The number of hydrogen-bond acceptors (Lipinski definition) is 2. The molecular weight excluding hydrogens is 176 g/mol. The van der Waals surface area contributed by atoms with E-state index in [-0.39, 0.29) is 11.8 Å². The highest BCUT2D eigenvalue weighted by molar-refractivity contribution is 5.78. The van der Waals surface area contributed by atoms with E-state index in [4.69, 9.17) is 0 Å². The monoisotopic (exact) mass is 197 g/mol. The maximum atomic E-state index is 11.2. The molecule has 2 unspecified atom stereocenters. The normalized spacial score (nSPS) is 22.4. The molecule has 81 valence electrons. The zero-order chi connectivity index (χ0) is 10.4. The van der Waals surface area contributed by atoms with Crippen LogP contribution in [0.25, 0.3) is 0 Å². The molecule has 0 aromatic heterocycles. The first kappa shape index (κ1) is 11.5. The summed E-state index contributed by atoms with van der Waals surface area (Å²) in [7, 11) is 0. The summed E-state index contributed by atoms with van der Waals surface area (Å²) in [4.78, 5) is 11.2. The van der Waals surface area contributed by atoms with Crippen LogP contribution in [0.3, 0.4) is 0 Å². The fraction of sp³-hybridized carbons (Fsp3) is 0.818. The molecule has 0 spiro atoms. The molecule has 0 aromatic rings. The molecule has 2 N–H and O–H groups in total. The maximum Gasteiger partial charge on any atom is 0.222 e. The largest absolute Gasteiger partial charge is 0.356 e. The van der Waals surface area contributed by atoms with Gasteiger partial charge in [-0.15, -0.1) is 0 Å². The summed E-state index contributed by atoms with van der Waals surface area (Å²) in [5, 5.41) is 6.34. The molecule has 1 saturated heterocycles. The smallest absolute Gasteiger partial charge is 0.222 e. The standard InChI is InChI=1S/C11H21N2O/c1-9(2)11(14)13-8-6-10-5-3-4-7-12-10/h9-10,12H,1,3-8H2,2H3,(H,13,14). The molecule has 0 aromatic carbocycles. The van der Waals surface area contributed by atoms with Crippen LogP contribution in [-0.4, -0.2) is 25.0 Å². The molecule has 1 aliphatic heterocycles. The first-order valence-electron chi connectivity index (χ1n) is 5.54. The van der Waals surface area contributed by atoms with Crippen molar-refractivity contribution in [1.29, 1.82) is 0 Å². The predicted molar refractivity (Wildman–Crippen MR) is 57.8 cm³/mol. The van der Waals surface area contributed by atoms with Gasteiger partial charge in [0.2, 0.25) is 5.91 Å². The highest BCUT2D eigenvalue weighted by Gasteiger charge is 2.12. The van der Waals surface area contributed by atoms with Crippen molar-refractivity contribution in [3.8, 4) is 0 Å². The molecule has 2 atom stereocenters. The Hall–Kier alpha value is -0.570. The van der Waals surface area contributed by atoms with E-state index in [1.165, 1.54) is 19.3 Å². The van der Waals surface area contributed by atoms with Gasteiger partial charge in [0.1, 0.15) is 0 Å². The van der Waals surface area contributed by atoms with Gasteiger partial charge in [-0.05, 0) is 32.7 Å². The van der Waals surface area contributed by atoms with Crippen LogP contribution in [0, 0.1) is 12.8 Å². The van der Waals surface area contributed by atoms with Crippen LogP contribution in [0.15, 0.2) is 0 Å². The SMILES string of the molecule is [CH2]C(C)C(=O)NCCC1CCCCN1. The van der Waals surface area contributed by atoms with Crippen molar-refractivity contribution in [2.24, 2.45) is 5.92 Å². The molecule has 1 rings (SSSR count). The van der Waals surface area contributed by atoms with Crippen LogP contribution in [-0.2, 0) is 4.79 Å². The van der Waals surface area contributed by atoms with E-state index in [2.05, 4.69) is 17.6 Å². The van der Waals surface area contributed by atoms with Crippen molar-refractivity contribution in [3.63, 3.8) is 0 Å². The maximum absolute atomic E-state index is 11.2. The molecule has 1 radical (unpaired) electrons. The number of carbonyl (C=O) groups excluding carboxylic acids is 1. The molecule has 1 amide bonds. The van der Waals surface area contributed by atoms with E-state index in [1.54, 1.807) is 0 Å². The Bertz CT molecular complexity index is 174. The molecule has 1 fully saturated rings. The van der Waals surface area contributed by atoms with Gasteiger partial charge in [0.05, 0.1) is 0 Å². The van der Waals surface area contributed by atoms with Crippen LogP contribution >= 0.6 is 0 Å². The second-order valence-corrected chi connectivity index (χ2v) is 4.13. The molecule has 1 heterocycles. The lowest BCUT2D eigenvalue weighted by Gasteiger charge is -2.23. The molecule has 3 heteroatoms. The Morgan fingerprint density at radius 3 is 3.00 bits per heavy atom. The number of rotatable bonds is 4. The Labute approximate surface area is 86.6 Å². The summed E-state index contributed by atoms with van der Waals surface area (Å²) in [5.41, 5.74) is 0. The first-order valence-corrected chi connectivity index (χ1v) is 5.54. The summed E-state index contributed by atoms with van der Waals surface area (Å²) in [6.45, 7) is 7.39. The van der Waals surface area contributed by atoms with Crippen molar-refractivity contribution in [3.05, 3.63) is 6.92 Å². The average Bonchev–Trinajstić information content (AvgIpc) is 2.19. The van der Waals surface area contributed by atoms with Gasteiger partial charge in [0, 0.05) is 18.5 Å². The summed E-state index contributed by atoms with van der Waals surface area (Å²) < 4.78 is 0. The van der Waals surface area contributed by atoms with E-state index in [9.17, 15) is 4.79 Å². The third-order valence-corrected chi connectivity index (χ3v) is 2.65. The Kier molecular flexibility index (Phi) is 4.94. The number of piperidine rings is 1. The van der Waals surface area contributed by atoms with Gasteiger partial charge in [0.25, 0.3) is 0 Å². The molecule has 1 aliphatic rings. The van der Waals surface area contributed by atoms with Crippen molar-refractivity contribution in [1.82, 2.24) is 10.6 Å². The number of carbonyl (C=O) groups is 1. The minimum absolute atomic E-state index is 0.0563. The van der Waals surface area contributed by atoms with Crippen LogP contribution in [0.4, 0.5) is 0 Å². The number of nitrogens with one attached hydrogen (secondary N) is 2. The molecule has 0 bridgehead atoms. The van der Waals surface area contributed by atoms with Crippen LogP contribution in [0.2, 0.25) is 0 Å². The van der Waals surface area contributed by atoms with Crippen molar-refractivity contribution in [2.75, 3.05) is 13.1 Å². The van der Waals surface area contributed by atoms with Gasteiger partial charge < -0.3 is 10.6 Å². The molecule has 0 aliphatic carbocycles. The minimum atomic E-state index is -0.144. The summed E-state index contributed by atoms with van der Waals surface area (Å²) in [6.07, 6.45) is 4.89. The van der Waals surface area contributed by atoms with Crippen LogP contribution < -0.4 is 10.6 Å². The lowest BCUT2D eigenvalue weighted by atomic mass is 10.0. The van der Waals surface area contributed by atoms with Crippen LogP contribution in [0.5, 0.6) is 0 Å². The number of amides is 1. The lowest BCUT2D eigenvalue weighted by Crippen LogP contribution is -2.38. The fourth-order valence-corrected chi connectivity index (χ4v) is 1.71. The van der Waals surface area contributed by atoms with Gasteiger partial charge in [0.15, 0.2) is 0 Å². The second kappa shape index (κ2) is 6.02. The summed E-state index contributed by atoms with van der Waals surface area (Å²) >= 11 is 0. The summed E-state index contributed by atoms with van der Waals surface area (Å²) in [5.74, 6) is -0.0878. The molecule has 14 heavy (non-hydrogen) atoms. The van der Waals surface area contributed by atoms with Crippen molar-refractivity contribution >= 4 is 5.91 Å². The van der Waals surface area contributed by atoms with Crippen molar-refractivity contribution < 1.29 is 4.79 Å². The minimum Gasteiger partial charge on any atom is -0.356 e. The van der Waals surface area contributed by atoms with Gasteiger partial charge in [-0.1, -0.05) is 13.3 Å². The van der Waals surface area contributed by atoms with Crippen LogP contribution in [0.1, 0.15) is 32.6 Å². The number of hydrogen-bond donors (Lipinski definition) is 2. The fourth-order valence-electron chi connectivity index (χ4n) is 1.71. The zero-order valence-electron chi connectivity index (χ0n) is 9.01. The molecule has 0 saturated carbocycles. The Morgan fingerprint density at radius 1 is 1.64 bits per heavy atom. The van der Waals surface area contributed by atoms with E-state index >= 15 is 0 Å². The van der Waals surface area contributed by atoms with E-state index < -0.39 is 0 Å². The van der Waals surface area contributed by atoms with Crippen molar-refractivity contribution in [2.45, 2.75) is 38.6 Å². The van der Waals surface area contributed by atoms with Gasteiger partial charge in [-0.25, -0.2) is 0 Å². The first-order chi connectivity index (χ1) is 6.70. The van der Waals surface area contributed by atoms with E-state index in [0.717, 1.165) is 19.5 Å². The van der Waals surface area contributed by atoms with E-state index in [0.29, 0.717) is 6.04 Å².